The van der Waals surface area contributed by atoms with Gasteiger partial charge in [0.1, 0.15) is 17.3 Å². The topological polar surface area (TPSA) is 92.1 Å². The first-order chi connectivity index (χ1) is 15.5. The van der Waals surface area contributed by atoms with Gasteiger partial charge in [-0.3, -0.25) is 9.78 Å². The zero-order valence-corrected chi connectivity index (χ0v) is 17.3. The monoisotopic (exact) mass is 464 g/mol. The number of benzene rings is 2. The minimum atomic E-state index is -4.83. The number of pyridine rings is 1. The molecule has 1 aromatic heterocycles. The third-order valence-electron chi connectivity index (χ3n) is 4.64. The molecule has 0 aliphatic heterocycles. The van der Waals surface area contributed by atoms with E-state index in [1.807, 2.05) is 0 Å². The van der Waals surface area contributed by atoms with Crippen LogP contribution in [0.15, 0.2) is 54.9 Å². The van der Waals surface area contributed by atoms with E-state index in [9.17, 15) is 22.4 Å². The van der Waals surface area contributed by atoms with Crippen LogP contribution >= 0.6 is 0 Å². The van der Waals surface area contributed by atoms with Crippen molar-refractivity contribution in [3.8, 4) is 22.6 Å². The molecule has 7 nitrogen and oxygen atoms in total. The van der Waals surface area contributed by atoms with Crippen LogP contribution in [0.4, 0.5) is 23.2 Å². The Morgan fingerprint density at radius 3 is 2.45 bits per heavy atom. The van der Waals surface area contributed by atoms with Crippen LogP contribution in [0.25, 0.3) is 11.1 Å². The van der Waals surface area contributed by atoms with Gasteiger partial charge in [-0.2, -0.15) is 13.2 Å². The molecule has 0 bridgehead atoms. The maximum atomic E-state index is 13.6. The van der Waals surface area contributed by atoms with E-state index >= 15 is 0 Å². The molecule has 0 fully saturated rings. The van der Waals surface area contributed by atoms with Crippen LogP contribution in [0.5, 0.6) is 11.5 Å². The number of rotatable bonds is 6. The van der Waals surface area contributed by atoms with Crippen molar-refractivity contribution >= 4 is 18.9 Å². The molecule has 0 atom stereocenters. The summed E-state index contributed by atoms with van der Waals surface area (Å²) in [6.07, 6.45) is -2.08. The predicted molar refractivity (Wildman–Crippen MR) is 111 cm³/mol. The maximum Gasteiger partial charge on any atom is 0.707 e. The summed E-state index contributed by atoms with van der Waals surface area (Å²) in [5.74, 6) is -1.80. The minimum Gasteiger partial charge on any atom is -0.512 e. The van der Waals surface area contributed by atoms with Gasteiger partial charge >= 0.3 is 13.5 Å². The van der Waals surface area contributed by atoms with Crippen LogP contribution < -0.4 is 14.3 Å². The average Bonchev–Trinajstić information content (AvgIpc) is 2.76. The lowest BCUT2D eigenvalue weighted by molar-refractivity contribution is -0.137. The smallest absolute Gasteiger partial charge is 0.512 e. The van der Waals surface area contributed by atoms with Gasteiger partial charge in [-0.25, -0.2) is 4.39 Å². The molecular weight excluding hydrogens is 447 g/mol. The molecule has 12 heteroatoms. The lowest BCUT2D eigenvalue weighted by Crippen LogP contribution is -2.28. The van der Waals surface area contributed by atoms with E-state index in [1.54, 1.807) is 0 Å². The van der Waals surface area contributed by atoms with Gasteiger partial charge in [0.2, 0.25) is 0 Å². The Morgan fingerprint density at radius 1 is 1.09 bits per heavy atom. The van der Waals surface area contributed by atoms with Gasteiger partial charge in [0, 0.05) is 36.0 Å². The third kappa shape index (κ3) is 5.41. The number of aromatic nitrogens is 1. The van der Waals surface area contributed by atoms with Crippen LogP contribution in [0.1, 0.15) is 15.9 Å². The number of nitrogens with zero attached hydrogens (tertiary/aromatic N) is 2. The summed E-state index contributed by atoms with van der Waals surface area (Å²) in [7, 11) is 0.277. The molecule has 2 aromatic carbocycles. The van der Waals surface area contributed by atoms with Crippen LogP contribution in [0, 0.1) is 5.82 Å². The lowest BCUT2D eigenvalue weighted by atomic mass is 10.0. The number of hydrogen-bond acceptors (Lipinski definition) is 6. The summed E-state index contributed by atoms with van der Waals surface area (Å²) in [6, 6.07) is 7.42. The average molecular weight is 464 g/mol. The molecule has 0 radical (unpaired) electrons. The molecule has 0 aliphatic rings. The van der Waals surface area contributed by atoms with Crippen molar-refractivity contribution in [1.29, 1.82) is 0 Å². The summed E-state index contributed by atoms with van der Waals surface area (Å²) in [6.45, 7) is 0. The Labute approximate surface area is 186 Å². The van der Waals surface area contributed by atoms with Crippen molar-refractivity contribution in [2.75, 3.05) is 19.1 Å². The van der Waals surface area contributed by atoms with Gasteiger partial charge in [-0.15, -0.1) is 0 Å². The van der Waals surface area contributed by atoms with Crippen molar-refractivity contribution in [3.63, 3.8) is 0 Å². The molecule has 0 spiro atoms. The van der Waals surface area contributed by atoms with E-state index in [0.717, 1.165) is 17.0 Å². The minimum absolute atomic E-state index is 0.176. The SMILES string of the molecule is COc1cc(F)ccc1-c1ccncc1N(C)C(=O)c1cc(OB(O)O)cc(C(F)(F)F)c1. The number of carbonyl (C=O) groups is 1. The molecule has 1 heterocycles. The molecule has 172 valence electrons. The van der Waals surface area contributed by atoms with Gasteiger partial charge in [-0.1, -0.05) is 0 Å². The summed E-state index contributed by atoms with van der Waals surface area (Å²) >= 11 is 0. The van der Waals surface area contributed by atoms with E-state index in [1.165, 1.54) is 44.8 Å². The standard InChI is InChI=1S/C21H17BF4N2O5/c1-28(18-11-27-6-5-16(18)17-4-3-14(23)10-19(17)32-2)20(29)12-7-13(21(24,25)26)9-15(8-12)33-22(30)31/h3-11,30-31H,1-2H3. The summed E-state index contributed by atoms with van der Waals surface area (Å²) in [5, 5.41) is 17.9. The molecule has 0 aliphatic carbocycles. The largest absolute Gasteiger partial charge is 0.707 e. The molecule has 0 unspecified atom stereocenters. The van der Waals surface area contributed by atoms with Crippen LogP contribution in [-0.2, 0) is 6.18 Å². The van der Waals surface area contributed by atoms with E-state index in [0.29, 0.717) is 23.3 Å². The highest BCUT2D eigenvalue weighted by atomic mass is 19.4. The summed E-state index contributed by atoms with van der Waals surface area (Å²) < 4.78 is 63.3. The number of amides is 1. The second-order valence-corrected chi connectivity index (χ2v) is 6.79. The van der Waals surface area contributed by atoms with Gasteiger partial charge in [-0.05, 0) is 36.4 Å². The highest BCUT2D eigenvalue weighted by Crippen LogP contribution is 2.38. The van der Waals surface area contributed by atoms with E-state index in [4.69, 9.17) is 14.8 Å². The Hall–Kier alpha value is -3.64. The fourth-order valence-electron chi connectivity index (χ4n) is 3.15. The first-order valence-electron chi connectivity index (χ1n) is 9.32. The highest BCUT2D eigenvalue weighted by Gasteiger charge is 2.33. The normalized spacial score (nSPS) is 11.2. The number of hydrogen-bond donors (Lipinski definition) is 2. The molecule has 3 rings (SSSR count). The summed E-state index contributed by atoms with van der Waals surface area (Å²) in [4.78, 5) is 18.1. The zero-order valence-electron chi connectivity index (χ0n) is 17.3. The Kier molecular flexibility index (Phi) is 6.89. The first-order valence-corrected chi connectivity index (χ1v) is 9.32. The van der Waals surface area contributed by atoms with Crippen molar-refractivity contribution in [3.05, 3.63) is 71.8 Å². The number of ether oxygens (including phenoxy) is 1. The Balaban J connectivity index is 2.08. The van der Waals surface area contributed by atoms with Gasteiger partial charge in [0.05, 0.1) is 24.6 Å². The number of anilines is 1. The number of carbonyl (C=O) groups excluding carboxylic acids is 1. The third-order valence-corrected chi connectivity index (χ3v) is 4.64. The molecule has 2 N–H and O–H groups in total. The number of halogens is 4. The van der Waals surface area contributed by atoms with Gasteiger partial charge in [0.25, 0.3) is 5.91 Å². The quantitative estimate of drug-likeness (QED) is 0.429. The van der Waals surface area contributed by atoms with Crippen molar-refractivity contribution in [2.24, 2.45) is 0 Å². The van der Waals surface area contributed by atoms with Crippen LogP contribution in [0.2, 0.25) is 0 Å². The number of alkyl halides is 3. The van der Waals surface area contributed by atoms with Gasteiger partial charge in [0.15, 0.2) is 0 Å². The second kappa shape index (κ2) is 9.47. The number of methoxy groups -OCH3 is 1. The Morgan fingerprint density at radius 2 is 1.82 bits per heavy atom. The molecule has 33 heavy (non-hydrogen) atoms. The molecule has 1 amide bonds. The lowest BCUT2D eigenvalue weighted by Gasteiger charge is -2.22. The van der Waals surface area contributed by atoms with Crippen LogP contribution in [0.3, 0.4) is 0 Å². The van der Waals surface area contributed by atoms with E-state index in [-0.39, 0.29) is 11.4 Å². The fraction of sp³-hybridized carbons (Fsp3) is 0.143. The van der Waals surface area contributed by atoms with Crippen molar-refractivity contribution in [2.45, 2.75) is 6.18 Å². The predicted octanol–water partition coefficient (Wildman–Crippen LogP) is 3.54. The molecule has 0 saturated heterocycles. The van der Waals surface area contributed by atoms with E-state index < -0.39 is 42.1 Å². The second-order valence-electron chi connectivity index (χ2n) is 6.79. The van der Waals surface area contributed by atoms with E-state index in [2.05, 4.69) is 9.64 Å². The van der Waals surface area contributed by atoms with Crippen molar-refractivity contribution in [1.82, 2.24) is 4.98 Å². The zero-order chi connectivity index (χ0) is 24.3. The summed E-state index contributed by atoms with van der Waals surface area (Å²) in [5.41, 5.74) is -0.610. The fourth-order valence-corrected chi connectivity index (χ4v) is 3.15. The van der Waals surface area contributed by atoms with Crippen molar-refractivity contribution < 1.29 is 41.8 Å². The molecule has 3 aromatic rings. The highest BCUT2D eigenvalue weighted by molar-refractivity contribution is 6.33. The first kappa shape index (κ1) is 24.0. The van der Waals surface area contributed by atoms with Gasteiger partial charge < -0.3 is 24.3 Å². The molecule has 0 saturated carbocycles. The maximum absolute atomic E-state index is 13.6. The molecular formula is C21H17BF4N2O5. The Bertz CT molecular complexity index is 1170. The van der Waals surface area contributed by atoms with Crippen LogP contribution in [-0.4, -0.2) is 42.4 Å².